The largest absolute Gasteiger partial charge is 0.454 e. The lowest BCUT2D eigenvalue weighted by Crippen LogP contribution is -1.93. The van der Waals surface area contributed by atoms with Crippen LogP contribution in [0.1, 0.15) is 5.56 Å². The van der Waals surface area contributed by atoms with Crippen LogP contribution in [0, 0.1) is 6.92 Å². The summed E-state index contributed by atoms with van der Waals surface area (Å²) in [6.45, 7) is 2.32. The molecule has 80 valence electrons. The number of hydrogen-bond donors (Lipinski definition) is 0. The first kappa shape index (κ1) is 9.21. The molecule has 1 aliphatic rings. The third-order valence-electron chi connectivity index (χ3n) is 2.62. The summed E-state index contributed by atoms with van der Waals surface area (Å²) in [4.78, 5) is 4.32. The third-order valence-corrected chi connectivity index (χ3v) is 2.62. The van der Waals surface area contributed by atoms with Gasteiger partial charge in [0.2, 0.25) is 6.79 Å². The maximum Gasteiger partial charge on any atom is 0.231 e. The summed E-state index contributed by atoms with van der Waals surface area (Å²) in [5.74, 6) is 1.65. The fourth-order valence-electron chi connectivity index (χ4n) is 1.87. The van der Waals surface area contributed by atoms with Gasteiger partial charge in [0.1, 0.15) is 0 Å². The Labute approximate surface area is 93.7 Å². The summed E-state index contributed by atoms with van der Waals surface area (Å²) < 4.78 is 10.8. The molecule has 0 saturated carbocycles. The molecule has 3 nitrogen and oxygen atoms in total. The zero-order chi connectivity index (χ0) is 11.0. The predicted molar refractivity (Wildman–Crippen MR) is 60.5 cm³/mol. The quantitative estimate of drug-likeness (QED) is 0.729. The number of aromatic nitrogens is 1. The molecular formula is C13H11NO2. The molecule has 1 aromatic heterocycles. The Morgan fingerprint density at radius 2 is 2.12 bits per heavy atom. The van der Waals surface area contributed by atoms with E-state index in [1.165, 1.54) is 0 Å². The normalized spacial score (nSPS) is 12.8. The van der Waals surface area contributed by atoms with Crippen molar-refractivity contribution in [3.05, 3.63) is 42.1 Å². The zero-order valence-corrected chi connectivity index (χ0v) is 8.93. The van der Waals surface area contributed by atoms with Crippen LogP contribution in [0.25, 0.3) is 11.3 Å². The molecule has 2 heterocycles. The molecule has 0 unspecified atom stereocenters. The number of hydrogen-bond acceptors (Lipinski definition) is 3. The van der Waals surface area contributed by atoms with E-state index in [4.69, 9.17) is 9.47 Å². The minimum absolute atomic E-state index is 0.307. The molecule has 0 atom stereocenters. The van der Waals surface area contributed by atoms with Crippen molar-refractivity contribution in [2.75, 3.05) is 6.79 Å². The van der Waals surface area contributed by atoms with E-state index in [1.54, 1.807) is 6.20 Å². The van der Waals surface area contributed by atoms with Crippen LogP contribution < -0.4 is 9.47 Å². The summed E-state index contributed by atoms with van der Waals surface area (Å²) >= 11 is 0. The van der Waals surface area contributed by atoms with Crippen LogP contribution in [-0.4, -0.2) is 11.8 Å². The zero-order valence-electron chi connectivity index (χ0n) is 8.93. The fourth-order valence-corrected chi connectivity index (χ4v) is 1.87. The van der Waals surface area contributed by atoms with Crippen LogP contribution >= 0.6 is 0 Å². The van der Waals surface area contributed by atoms with Gasteiger partial charge in [-0.2, -0.15) is 0 Å². The SMILES string of the molecule is Cc1cc(-c2ccccn2)cc2c1OCO2. The van der Waals surface area contributed by atoms with Gasteiger partial charge in [-0.15, -0.1) is 0 Å². The Balaban J connectivity index is 2.13. The van der Waals surface area contributed by atoms with Crippen molar-refractivity contribution in [1.29, 1.82) is 0 Å². The Morgan fingerprint density at radius 1 is 1.19 bits per heavy atom. The molecule has 16 heavy (non-hydrogen) atoms. The van der Waals surface area contributed by atoms with Crippen molar-refractivity contribution in [1.82, 2.24) is 4.98 Å². The lowest BCUT2D eigenvalue weighted by Gasteiger charge is -2.05. The lowest BCUT2D eigenvalue weighted by molar-refractivity contribution is 0.173. The molecular weight excluding hydrogens is 202 g/mol. The predicted octanol–water partition coefficient (Wildman–Crippen LogP) is 2.79. The Morgan fingerprint density at radius 3 is 2.94 bits per heavy atom. The van der Waals surface area contributed by atoms with Gasteiger partial charge in [0.05, 0.1) is 5.69 Å². The number of fused-ring (bicyclic) bond motifs is 1. The highest BCUT2D eigenvalue weighted by molar-refractivity contribution is 5.66. The molecule has 0 amide bonds. The van der Waals surface area contributed by atoms with E-state index in [1.807, 2.05) is 31.2 Å². The molecule has 0 N–H and O–H groups in total. The van der Waals surface area contributed by atoms with Crippen LogP contribution in [0.15, 0.2) is 36.5 Å². The Bertz CT molecular complexity index is 523. The van der Waals surface area contributed by atoms with Crippen molar-refractivity contribution in [3.8, 4) is 22.8 Å². The summed E-state index contributed by atoms with van der Waals surface area (Å²) in [6.07, 6.45) is 1.79. The number of benzene rings is 1. The van der Waals surface area contributed by atoms with Crippen LogP contribution in [0.5, 0.6) is 11.5 Å². The topological polar surface area (TPSA) is 31.4 Å². The molecule has 3 rings (SSSR count). The summed E-state index contributed by atoms with van der Waals surface area (Å²) in [5, 5.41) is 0. The lowest BCUT2D eigenvalue weighted by atomic mass is 10.1. The van der Waals surface area contributed by atoms with E-state index >= 15 is 0 Å². The van der Waals surface area contributed by atoms with Gasteiger partial charge < -0.3 is 9.47 Å². The van der Waals surface area contributed by atoms with E-state index in [-0.39, 0.29) is 0 Å². The van der Waals surface area contributed by atoms with Crippen molar-refractivity contribution in [2.45, 2.75) is 6.92 Å². The molecule has 0 fully saturated rings. The van der Waals surface area contributed by atoms with Gasteiger partial charge >= 0.3 is 0 Å². The highest BCUT2D eigenvalue weighted by Gasteiger charge is 2.17. The summed E-state index contributed by atoms with van der Waals surface area (Å²) in [7, 11) is 0. The fraction of sp³-hybridized carbons (Fsp3) is 0.154. The van der Waals surface area contributed by atoms with Gasteiger partial charge in [-0.05, 0) is 36.8 Å². The molecule has 0 saturated heterocycles. The van der Waals surface area contributed by atoms with E-state index in [0.29, 0.717) is 6.79 Å². The molecule has 3 heteroatoms. The summed E-state index contributed by atoms with van der Waals surface area (Å²) in [5.41, 5.74) is 3.09. The monoisotopic (exact) mass is 213 g/mol. The highest BCUT2D eigenvalue weighted by atomic mass is 16.7. The Hall–Kier alpha value is -2.03. The van der Waals surface area contributed by atoms with Gasteiger partial charge in [-0.1, -0.05) is 6.07 Å². The minimum atomic E-state index is 0.307. The number of pyridine rings is 1. The first-order valence-electron chi connectivity index (χ1n) is 5.16. The molecule has 1 aliphatic heterocycles. The first-order valence-corrected chi connectivity index (χ1v) is 5.16. The molecule has 2 aromatic rings. The van der Waals surface area contributed by atoms with Crippen LogP contribution in [0.4, 0.5) is 0 Å². The van der Waals surface area contributed by atoms with Crippen LogP contribution in [0.2, 0.25) is 0 Å². The van der Waals surface area contributed by atoms with Gasteiger partial charge in [0.25, 0.3) is 0 Å². The van der Waals surface area contributed by atoms with Gasteiger partial charge in [-0.25, -0.2) is 0 Å². The highest BCUT2D eigenvalue weighted by Crippen LogP contribution is 2.38. The van der Waals surface area contributed by atoms with E-state index in [0.717, 1.165) is 28.3 Å². The second-order valence-electron chi connectivity index (χ2n) is 3.74. The summed E-state index contributed by atoms with van der Waals surface area (Å²) in [6, 6.07) is 9.90. The van der Waals surface area contributed by atoms with Crippen LogP contribution in [0.3, 0.4) is 0 Å². The maximum atomic E-state index is 5.39. The second-order valence-corrected chi connectivity index (χ2v) is 3.74. The number of rotatable bonds is 1. The van der Waals surface area contributed by atoms with Gasteiger partial charge in [-0.3, -0.25) is 4.98 Å². The van der Waals surface area contributed by atoms with Gasteiger partial charge in [0, 0.05) is 11.8 Å². The van der Waals surface area contributed by atoms with Gasteiger partial charge in [0.15, 0.2) is 11.5 Å². The first-order chi connectivity index (χ1) is 7.84. The van der Waals surface area contributed by atoms with Crippen molar-refractivity contribution in [2.24, 2.45) is 0 Å². The Kier molecular flexibility index (Phi) is 2.03. The van der Waals surface area contributed by atoms with Crippen molar-refractivity contribution in [3.63, 3.8) is 0 Å². The minimum Gasteiger partial charge on any atom is -0.454 e. The van der Waals surface area contributed by atoms with Crippen molar-refractivity contribution >= 4 is 0 Å². The molecule has 0 spiro atoms. The number of aryl methyl sites for hydroxylation is 1. The third kappa shape index (κ3) is 1.41. The van der Waals surface area contributed by atoms with E-state index < -0.39 is 0 Å². The second kappa shape index (κ2) is 3.52. The van der Waals surface area contributed by atoms with Crippen LogP contribution in [-0.2, 0) is 0 Å². The standard InChI is InChI=1S/C13H11NO2/c1-9-6-10(11-4-2-3-5-14-11)7-12-13(9)16-8-15-12/h2-7H,8H2,1H3. The van der Waals surface area contributed by atoms with E-state index in [2.05, 4.69) is 11.1 Å². The smallest absolute Gasteiger partial charge is 0.231 e. The molecule has 1 aromatic carbocycles. The molecule has 0 radical (unpaired) electrons. The number of ether oxygens (including phenoxy) is 2. The number of nitrogens with zero attached hydrogens (tertiary/aromatic N) is 1. The van der Waals surface area contributed by atoms with E-state index in [9.17, 15) is 0 Å². The average Bonchev–Trinajstić information content (AvgIpc) is 2.79. The maximum absolute atomic E-state index is 5.39. The average molecular weight is 213 g/mol. The molecule has 0 bridgehead atoms. The molecule has 0 aliphatic carbocycles. The van der Waals surface area contributed by atoms with Crippen molar-refractivity contribution < 1.29 is 9.47 Å².